The number of amides is 2. The number of rotatable bonds is 4. The van der Waals surface area contributed by atoms with E-state index >= 15 is 0 Å². The largest absolute Gasteiger partial charge is 0.348 e. The lowest BCUT2D eigenvalue weighted by atomic mass is 10.1. The van der Waals surface area contributed by atoms with Gasteiger partial charge in [0.05, 0.1) is 17.4 Å². The smallest absolute Gasteiger partial charge is 0.253 e. The number of nitrogens with one attached hydrogen (secondary N) is 2. The van der Waals surface area contributed by atoms with Gasteiger partial charge in [0.25, 0.3) is 5.91 Å². The molecule has 0 aliphatic rings. The van der Waals surface area contributed by atoms with Crippen molar-refractivity contribution in [2.75, 3.05) is 5.32 Å². The highest BCUT2D eigenvalue weighted by molar-refractivity contribution is 6.07. The van der Waals surface area contributed by atoms with Crippen molar-refractivity contribution in [3.8, 4) is 0 Å². The molecular weight excluding hydrogens is 340 g/mol. The summed E-state index contributed by atoms with van der Waals surface area (Å²) in [6, 6.07) is 11.6. The first kappa shape index (κ1) is 18.6. The molecule has 2 aromatic heterocycles. The van der Waals surface area contributed by atoms with E-state index in [2.05, 4.69) is 36.4 Å². The Morgan fingerprint density at radius 2 is 1.85 bits per heavy atom. The van der Waals surface area contributed by atoms with Crippen LogP contribution in [0.2, 0.25) is 0 Å². The van der Waals surface area contributed by atoms with Crippen molar-refractivity contribution in [1.29, 1.82) is 0 Å². The van der Waals surface area contributed by atoms with Gasteiger partial charge in [0, 0.05) is 30.6 Å². The average Bonchev–Trinajstić information content (AvgIpc) is 2.99. The fourth-order valence-electron chi connectivity index (χ4n) is 2.94. The van der Waals surface area contributed by atoms with E-state index in [-0.39, 0.29) is 17.4 Å². The number of carbonyl (C=O) groups excluding carboxylic acids is 2. The zero-order valence-corrected chi connectivity index (χ0v) is 16.0. The van der Waals surface area contributed by atoms with Crippen LogP contribution in [0, 0.1) is 0 Å². The minimum atomic E-state index is -0.237. The van der Waals surface area contributed by atoms with Crippen LogP contribution in [-0.4, -0.2) is 21.4 Å². The van der Waals surface area contributed by atoms with Crippen LogP contribution in [0.15, 0.2) is 48.8 Å². The summed E-state index contributed by atoms with van der Waals surface area (Å²) in [7, 11) is 0. The molecule has 140 valence electrons. The summed E-state index contributed by atoms with van der Waals surface area (Å²) in [5.41, 5.74) is 2.61. The lowest BCUT2D eigenvalue weighted by Gasteiger charge is -2.21. The predicted octanol–water partition coefficient (Wildman–Crippen LogP) is 3.68. The number of benzene rings is 1. The first-order valence-electron chi connectivity index (χ1n) is 8.87. The van der Waals surface area contributed by atoms with Gasteiger partial charge in [-0.1, -0.05) is 30.3 Å². The van der Waals surface area contributed by atoms with Crippen molar-refractivity contribution in [2.24, 2.45) is 0 Å². The van der Waals surface area contributed by atoms with Crippen LogP contribution in [0.4, 0.5) is 5.69 Å². The quantitative estimate of drug-likeness (QED) is 0.741. The van der Waals surface area contributed by atoms with Crippen LogP contribution >= 0.6 is 0 Å². The first-order valence-corrected chi connectivity index (χ1v) is 8.87. The number of anilines is 1. The van der Waals surface area contributed by atoms with Gasteiger partial charge < -0.3 is 15.2 Å². The molecule has 27 heavy (non-hydrogen) atoms. The van der Waals surface area contributed by atoms with Crippen LogP contribution in [0.3, 0.4) is 0 Å². The fraction of sp³-hybridized carbons (Fsp3) is 0.286. The molecule has 0 saturated heterocycles. The molecule has 3 rings (SSSR count). The van der Waals surface area contributed by atoms with Crippen LogP contribution < -0.4 is 10.6 Å². The van der Waals surface area contributed by atoms with E-state index in [1.807, 2.05) is 41.1 Å². The minimum Gasteiger partial charge on any atom is -0.348 e. The van der Waals surface area contributed by atoms with Crippen molar-refractivity contribution in [3.63, 3.8) is 0 Å². The second-order valence-electron chi connectivity index (χ2n) is 7.53. The SMILES string of the molecule is CC(=O)Nc1cnc2c(c1)c(C(=O)NCc1ccccc1)cn2C(C)(C)C. The highest BCUT2D eigenvalue weighted by Crippen LogP contribution is 2.28. The Balaban J connectivity index is 1.99. The molecule has 0 fully saturated rings. The van der Waals surface area contributed by atoms with E-state index in [1.54, 1.807) is 12.3 Å². The summed E-state index contributed by atoms with van der Waals surface area (Å²) in [5.74, 6) is -0.352. The van der Waals surface area contributed by atoms with Crippen LogP contribution in [0.5, 0.6) is 0 Å². The van der Waals surface area contributed by atoms with Crippen LogP contribution in [-0.2, 0) is 16.9 Å². The van der Waals surface area contributed by atoms with E-state index in [0.717, 1.165) is 5.56 Å². The summed E-state index contributed by atoms with van der Waals surface area (Å²) >= 11 is 0. The molecule has 3 aromatic rings. The van der Waals surface area contributed by atoms with Gasteiger partial charge in [0.15, 0.2) is 0 Å². The molecule has 2 amide bonds. The monoisotopic (exact) mass is 364 g/mol. The Hall–Kier alpha value is -3.15. The Labute approximate surface area is 158 Å². The van der Waals surface area contributed by atoms with E-state index in [4.69, 9.17) is 0 Å². The third-order valence-electron chi connectivity index (χ3n) is 4.23. The fourth-order valence-corrected chi connectivity index (χ4v) is 2.94. The molecular formula is C21H24N4O2. The van der Waals surface area contributed by atoms with E-state index < -0.39 is 0 Å². The van der Waals surface area contributed by atoms with E-state index in [9.17, 15) is 9.59 Å². The Morgan fingerprint density at radius 3 is 2.48 bits per heavy atom. The maximum Gasteiger partial charge on any atom is 0.253 e. The van der Waals surface area contributed by atoms with Gasteiger partial charge in [-0.3, -0.25) is 9.59 Å². The molecule has 6 nitrogen and oxygen atoms in total. The van der Waals surface area contributed by atoms with Crippen molar-refractivity contribution in [3.05, 3.63) is 59.9 Å². The number of fused-ring (bicyclic) bond motifs is 1. The van der Waals surface area contributed by atoms with Gasteiger partial charge in [0.2, 0.25) is 5.91 Å². The number of pyridine rings is 1. The second-order valence-corrected chi connectivity index (χ2v) is 7.53. The maximum absolute atomic E-state index is 12.9. The molecule has 0 unspecified atom stereocenters. The van der Waals surface area contributed by atoms with Gasteiger partial charge in [-0.15, -0.1) is 0 Å². The Morgan fingerprint density at radius 1 is 1.15 bits per heavy atom. The third-order valence-corrected chi connectivity index (χ3v) is 4.23. The highest BCUT2D eigenvalue weighted by atomic mass is 16.2. The predicted molar refractivity (Wildman–Crippen MR) is 107 cm³/mol. The minimum absolute atomic E-state index is 0.173. The normalized spacial score (nSPS) is 11.4. The summed E-state index contributed by atoms with van der Waals surface area (Å²) in [6.07, 6.45) is 3.44. The van der Waals surface area contributed by atoms with Crippen molar-refractivity contribution in [2.45, 2.75) is 39.8 Å². The van der Waals surface area contributed by atoms with E-state index in [0.29, 0.717) is 28.8 Å². The standard InChI is InChI=1S/C21H24N4O2/c1-14(26)24-16-10-17-18(13-25(21(2,3)4)19(17)22-12-16)20(27)23-11-15-8-6-5-7-9-15/h5-10,12-13H,11H2,1-4H3,(H,23,27)(H,24,26). The zero-order chi connectivity index (χ0) is 19.6. The van der Waals surface area contributed by atoms with Gasteiger partial charge in [-0.05, 0) is 32.4 Å². The molecule has 0 saturated carbocycles. The van der Waals surface area contributed by atoms with Crippen molar-refractivity contribution >= 4 is 28.5 Å². The zero-order valence-electron chi connectivity index (χ0n) is 16.0. The molecule has 2 heterocycles. The van der Waals surface area contributed by atoms with Gasteiger partial charge in [-0.25, -0.2) is 4.98 Å². The molecule has 0 radical (unpaired) electrons. The van der Waals surface area contributed by atoms with Crippen LogP contribution in [0.25, 0.3) is 11.0 Å². The summed E-state index contributed by atoms with van der Waals surface area (Å²) in [4.78, 5) is 28.7. The average molecular weight is 364 g/mol. The number of nitrogens with zero attached hydrogens (tertiary/aromatic N) is 2. The third kappa shape index (κ3) is 4.16. The summed E-state index contributed by atoms with van der Waals surface area (Å²) < 4.78 is 1.98. The molecule has 0 bridgehead atoms. The number of hydrogen-bond acceptors (Lipinski definition) is 3. The summed E-state index contributed by atoms with van der Waals surface area (Å²) in [6.45, 7) is 8.06. The molecule has 0 aliphatic carbocycles. The molecule has 1 aromatic carbocycles. The highest BCUT2D eigenvalue weighted by Gasteiger charge is 2.22. The second kappa shape index (κ2) is 7.23. The van der Waals surface area contributed by atoms with Crippen LogP contribution in [0.1, 0.15) is 43.6 Å². The summed E-state index contributed by atoms with van der Waals surface area (Å²) in [5, 5.41) is 6.40. The first-order chi connectivity index (χ1) is 12.8. The molecule has 0 atom stereocenters. The van der Waals surface area contributed by atoms with Gasteiger partial charge in [-0.2, -0.15) is 0 Å². The molecule has 2 N–H and O–H groups in total. The Kier molecular flexibility index (Phi) is 4.99. The maximum atomic E-state index is 12.9. The number of carbonyl (C=O) groups is 2. The van der Waals surface area contributed by atoms with Crippen molar-refractivity contribution in [1.82, 2.24) is 14.9 Å². The van der Waals surface area contributed by atoms with Crippen molar-refractivity contribution < 1.29 is 9.59 Å². The molecule has 0 spiro atoms. The molecule has 6 heteroatoms. The number of hydrogen-bond donors (Lipinski definition) is 2. The molecule has 0 aliphatic heterocycles. The van der Waals surface area contributed by atoms with E-state index in [1.165, 1.54) is 6.92 Å². The Bertz CT molecular complexity index is 985. The lowest BCUT2D eigenvalue weighted by molar-refractivity contribution is -0.114. The lowest BCUT2D eigenvalue weighted by Crippen LogP contribution is -2.23. The topological polar surface area (TPSA) is 76.0 Å². The van der Waals surface area contributed by atoms with Gasteiger partial charge >= 0.3 is 0 Å². The number of aromatic nitrogens is 2. The van der Waals surface area contributed by atoms with Gasteiger partial charge in [0.1, 0.15) is 5.65 Å².